The molecule has 52 heavy (non-hydrogen) atoms. The zero-order valence-electron chi connectivity index (χ0n) is 26.5. The van der Waals surface area contributed by atoms with Crippen molar-refractivity contribution in [2.24, 2.45) is 7.05 Å². The quantitative estimate of drug-likeness (QED) is 0.115. The number of anilines is 1. The van der Waals surface area contributed by atoms with E-state index < -0.39 is 47.3 Å². The van der Waals surface area contributed by atoms with Gasteiger partial charge in [-0.25, -0.2) is 13.2 Å². The average Bonchev–Trinajstić information content (AvgIpc) is 3.47. The lowest BCUT2D eigenvalue weighted by atomic mass is 10.0. The molecule has 6 nitrogen and oxygen atoms in total. The van der Waals surface area contributed by atoms with Gasteiger partial charge in [0.15, 0.2) is 0 Å². The minimum atomic E-state index is -4.53. The van der Waals surface area contributed by atoms with Gasteiger partial charge in [0.25, 0.3) is 12.3 Å². The molecule has 2 N–H and O–H groups in total. The third-order valence-corrected chi connectivity index (χ3v) is 8.26. The Morgan fingerprint density at radius 1 is 0.885 bits per heavy atom. The van der Waals surface area contributed by atoms with Crippen LogP contribution in [-0.2, 0) is 32.4 Å². The first-order chi connectivity index (χ1) is 24.3. The average molecular weight is 797 g/mol. The molecule has 5 aromatic rings. The summed E-state index contributed by atoms with van der Waals surface area (Å²) in [7, 11) is 1.43. The lowest BCUT2D eigenvalue weighted by Crippen LogP contribution is -2.20. The van der Waals surface area contributed by atoms with Crippen molar-refractivity contribution in [1.29, 1.82) is 0 Å². The summed E-state index contributed by atoms with van der Waals surface area (Å²) in [6, 6.07) is 14.3. The van der Waals surface area contributed by atoms with Gasteiger partial charge in [0.1, 0.15) is 11.5 Å². The van der Waals surface area contributed by atoms with E-state index in [0.29, 0.717) is 22.3 Å². The minimum Gasteiger partial charge on any atom is -0.321 e. The van der Waals surface area contributed by atoms with Crippen LogP contribution < -0.4 is 10.6 Å². The highest BCUT2D eigenvalue weighted by molar-refractivity contribution is 6.42. The van der Waals surface area contributed by atoms with E-state index in [0.717, 1.165) is 22.9 Å². The van der Waals surface area contributed by atoms with Gasteiger partial charge < -0.3 is 10.6 Å². The molecule has 0 unspecified atom stereocenters. The number of pyridine rings is 1. The smallest absolute Gasteiger partial charge is 0.321 e. The predicted octanol–water partition coefficient (Wildman–Crippen LogP) is 10.8. The zero-order valence-corrected chi connectivity index (χ0v) is 28.8. The van der Waals surface area contributed by atoms with Crippen LogP contribution in [0.1, 0.15) is 44.9 Å². The molecule has 1 amide bonds. The topological polar surface area (TPSA) is 71.8 Å². The molecule has 2 heterocycles. The molecule has 0 aliphatic rings. The fourth-order valence-electron chi connectivity index (χ4n) is 4.75. The van der Waals surface area contributed by atoms with E-state index in [1.807, 2.05) is 0 Å². The van der Waals surface area contributed by atoms with Crippen molar-refractivity contribution in [3.63, 3.8) is 0 Å². The second-order valence-electron chi connectivity index (χ2n) is 10.9. The molecule has 0 spiro atoms. The summed E-state index contributed by atoms with van der Waals surface area (Å²) in [6.45, 7) is 0.179. The maximum Gasteiger partial charge on any atom is 0.417 e. The van der Waals surface area contributed by atoms with Crippen molar-refractivity contribution in [3.8, 4) is 11.1 Å². The third kappa shape index (κ3) is 10.6. The van der Waals surface area contributed by atoms with Crippen LogP contribution in [0.3, 0.4) is 0 Å². The maximum atomic E-state index is 13.8. The SMILES string of the molecule is Cn1cc(C(=O)Nc2ccc(F)cc2-c2ccc(Cl)c(Cl)c2)c(C(F)F)n1.FC(F)(F)c1cnc(CCNCc2ccccc2C(F)(F)F)c(Cl)c1. The maximum absolute atomic E-state index is 13.8. The van der Waals surface area contributed by atoms with Gasteiger partial charge in [0.2, 0.25) is 0 Å². The molecule has 3 aromatic carbocycles. The van der Waals surface area contributed by atoms with Gasteiger partial charge in [-0.1, -0.05) is 59.1 Å². The Morgan fingerprint density at radius 3 is 2.23 bits per heavy atom. The van der Waals surface area contributed by atoms with Crippen LogP contribution in [0.15, 0.2) is 79.1 Å². The van der Waals surface area contributed by atoms with Gasteiger partial charge in [0, 0.05) is 50.2 Å². The van der Waals surface area contributed by atoms with Crippen LogP contribution in [0.5, 0.6) is 0 Å². The summed E-state index contributed by atoms with van der Waals surface area (Å²) >= 11 is 17.7. The van der Waals surface area contributed by atoms with Crippen molar-refractivity contribution in [2.75, 3.05) is 11.9 Å². The number of benzene rings is 3. The molecule has 0 saturated carbocycles. The van der Waals surface area contributed by atoms with E-state index >= 15 is 0 Å². The summed E-state index contributed by atoms with van der Waals surface area (Å²) in [4.78, 5) is 16.2. The van der Waals surface area contributed by atoms with Crippen molar-refractivity contribution in [1.82, 2.24) is 20.1 Å². The minimum absolute atomic E-state index is 0.0338. The Labute approximate surface area is 305 Å². The van der Waals surface area contributed by atoms with E-state index in [4.69, 9.17) is 34.8 Å². The number of nitrogens with zero attached hydrogens (tertiary/aromatic N) is 3. The van der Waals surface area contributed by atoms with E-state index in [1.54, 1.807) is 6.07 Å². The second kappa shape index (κ2) is 17.0. The largest absolute Gasteiger partial charge is 0.417 e. The van der Waals surface area contributed by atoms with Crippen LogP contribution in [0.25, 0.3) is 11.1 Å². The molecule has 5 rings (SSSR count). The highest BCUT2D eigenvalue weighted by atomic mass is 35.5. The number of nitrogens with one attached hydrogen (secondary N) is 2. The van der Waals surface area contributed by atoms with Crippen LogP contribution in [0.2, 0.25) is 15.1 Å². The molecule has 18 heteroatoms. The number of hydrogen-bond donors (Lipinski definition) is 2. The summed E-state index contributed by atoms with van der Waals surface area (Å²) < 4.78 is 117. The highest BCUT2D eigenvalue weighted by Gasteiger charge is 2.33. The number of carbonyl (C=O) groups excluding carboxylic acids is 1. The van der Waals surface area contributed by atoms with E-state index in [9.17, 15) is 44.3 Å². The number of carbonyl (C=O) groups is 1. The van der Waals surface area contributed by atoms with Crippen molar-refractivity contribution in [2.45, 2.75) is 31.7 Å². The first-order valence-electron chi connectivity index (χ1n) is 14.8. The number of rotatable bonds is 9. The van der Waals surface area contributed by atoms with Gasteiger partial charge in [0.05, 0.1) is 37.5 Å². The van der Waals surface area contributed by atoms with E-state index in [2.05, 4.69) is 20.7 Å². The van der Waals surface area contributed by atoms with Crippen molar-refractivity contribution >= 4 is 46.4 Å². The third-order valence-electron chi connectivity index (χ3n) is 7.19. The summed E-state index contributed by atoms with van der Waals surface area (Å²) in [5, 5.41) is 9.38. The lowest BCUT2D eigenvalue weighted by molar-refractivity contribution is -0.138. The van der Waals surface area contributed by atoms with Crippen LogP contribution in [0, 0.1) is 5.82 Å². The Kier molecular flexibility index (Phi) is 13.2. The fourth-order valence-corrected chi connectivity index (χ4v) is 5.30. The molecular formula is C34H25Cl3F9N5O. The second-order valence-corrected chi connectivity index (χ2v) is 12.1. The van der Waals surface area contributed by atoms with Crippen LogP contribution in [-0.4, -0.2) is 27.2 Å². The van der Waals surface area contributed by atoms with Crippen molar-refractivity contribution in [3.05, 3.63) is 134 Å². The highest BCUT2D eigenvalue weighted by Crippen LogP contribution is 2.35. The predicted molar refractivity (Wildman–Crippen MR) is 179 cm³/mol. The standard InChI is InChI=1S/C18H12Cl2F3N3O.C16H13ClF6N2/c1-26-8-12(16(25-26)17(22)23)18(27)24-15-5-3-10(21)7-11(15)9-2-4-13(19)14(20)6-9;17-13-7-11(15(18,19)20)9-25-14(13)5-6-24-8-10-3-1-2-4-12(10)16(21,22)23/h2-8,17H,1H3,(H,24,27);1-4,7,9,24H,5-6,8H2. The number of aromatic nitrogens is 3. The Bertz CT molecular complexity index is 2040. The first kappa shape index (κ1) is 40.5. The monoisotopic (exact) mass is 795 g/mol. The van der Waals surface area contributed by atoms with Gasteiger partial charge in [-0.05, 0) is 53.6 Å². The van der Waals surface area contributed by atoms with Gasteiger partial charge in [-0.15, -0.1) is 0 Å². The van der Waals surface area contributed by atoms with Gasteiger partial charge >= 0.3 is 12.4 Å². The molecule has 0 radical (unpaired) electrons. The number of amides is 1. The molecule has 0 atom stereocenters. The molecule has 0 aliphatic heterocycles. The van der Waals surface area contributed by atoms with E-state index in [-0.39, 0.29) is 52.1 Å². The van der Waals surface area contributed by atoms with Crippen LogP contribution >= 0.6 is 34.8 Å². The summed E-state index contributed by atoms with van der Waals surface area (Å²) in [5.41, 5.74) is -1.20. The molecule has 0 bridgehead atoms. The molecule has 0 fully saturated rings. The first-order valence-corrected chi connectivity index (χ1v) is 15.9. The Morgan fingerprint density at radius 2 is 1.60 bits per heavy atom. The van der Waals surface area contributed by atoms with Gasteiger partial charge in [-0.3, -0.25) is 14.5 Å². The molecule has 0 saturated heterocycles. The number of alkyl halides is 8. The summed E-state index contributed by atoms with van der Waals surface area (Å²) in [5.74, 6) is -1.32. The number of halogens is 12. The summed E-state index contributed by atoms with van der Waals surface area (Å²) in [6.07, 6.45) is -9.83. The Balaban J connectivity index is 0.000000234. The molecular weight excluding hydrogens is 772 g/mol. The zero-order chi connectivity index (χ0) is 38.4. The normalized spacial score (nSPS) is 11.7. The number of hydrogen-bond acceptors (Lipinski definition) is 4. The molecule has 276 valence electrons. The molecule has 2 aromatic heterocycles. The lowest BCUT2D eigenvalue weighted by Gasteiger charge is -2.13. The van der Waals surface area contributed by atoms with Crippen molar-refractivity contribution < 1.29 is 44.3 Å². The number of aryl methyl sites for hydroxylation is 1. The molecule has 0 aliphatic carbocycles. The fraction of sp³-hybridized carbons (Fsp3) is 0.206. The van der Waals surface area contributed by atoms with Crippen LogP contribution in [0.4, 0.5) is 45.2 Å². The van der Waals surface area contributed by atoms with E-state index in [1.165, 1.54) is 55.7 Å². The van der Waals surface area contributed by atoms with Gasteiger partial charge in [-0.2, -0.15) is 31.4 Å². The Hall–Kier alpha value is -4.31.